The lowest BCUT2D eigenvalue weighted by Crippen LogP contribution is -2.36. The number of amides is 1. The van der Waals surface area contributed by atoms with Crippen molar-refractivity contribution in [2.24, 2.45) is 5.41 Å². The molecule has 0 saturated heterocycles. The summed E-state index contributed by atoms with van der Waals surface area (Å²) in [7, 11) is 0. The molecule has 0 aliphatic carbocycles. The van der Waals surface area contributed by atoms with E-state index in [-0.39, 0.29) is 21.7 Å². The topological polar surface area (TPSA) is 86.6 Å². The molecule has 34 heavy (non-hydrogen) atoms. The number of allylic oxidation sites excluding steroid dienone is 8. The van der Waals surface area contributed by atoms with Crippen LogP contribution in [-0.2, 0) is 9.59 Å². The lowest BCUT2D eigenvalue weighted by molar-refractivity contribution is -0.124. The fourth-order valence-electron chi connectivity index (χ4n) is 3.32. The molecule has 6 heteroatoms. The summed E-state index contributed by atoms with van der Waals surface area (Å²) in [6.07, 6.45) is 20.9. The minimum Gasteiger partial charge on any atom is -0.386 e. The van der Waals surface area contributed by atoms with Crippen LogP contribution in [0.3, 0.4) is 0 Å². The van der Waals surface area contributed by atoms with Crippen LogP contribution >= 0.6 is 22.6 Å². The summed E-state index contributed by atoms with van der Waals surface area (Å²) in [5, 5.41) is 23.4. The van der Waals surface area contributed by atoms with Gasteiger partial charge in [-0.3, -0.25) is 9.59 Å². The van der Waals surface area contributed by atoms with E-state index in [0.29, 0.717) is 12.8 Å². The number of halogens is 1. The fraction of sp³-hybridized carbons (Fsp3) is 0.500. The lowest BCUT2D eigenvalue weighted by atomic mass is 9.84. The molecule has 5 nitrogen and oxygen atoms in total. The Balaban J connectivity index is 3.14. The minimum absolute atomic E-state index is 0.0608. The van der Waals surface area contributed by atoms with Gasteiger partial charge in [0.15, 0.2) is 0 Å². The van der Waals surface area contributed by atoms with E-state index in [9.17, 15) is 19.8 Å². The van der Waals surface area contributed by atoms with Gasteiger partial charge in [0.1, 0.15) is 18.0 Å². The maximum absolute atomic E-state index is 12.9. The summed E-state index contributed by atoms with van der Waals surface area (Å²) in [6, 6.07) is -0.0608. The second-order valence-corrected chi connectivity index (χ2v) is 11.0. The zero-order valence-electron chi connectivity index (χ0n) is 20.8. The SMILES string of the molecule is CCC/C=C/CC1CC(I)CC(=O)C(C)(C)/C=C/C=C\C(O)C(O)\C=C(C)/C=C/C=C/C(=O)N1. The second kappa shape index (κ2) is 16.0. The summed E-state index contributed by atoms with van der Waals surface area (Å²) in [4.78, 5) is 25.4. The van der Waals surface area contributed by atoms with Gasteiger partial charge in [0.2, 0.25) is 5.91 Å². The first-order valence-corrected chi connectivity index (χ1v) is 13.2. The molecular formula is C28H40INO4. The number of nitrogens with one attached hydrogen (secondary N) is 1. The Hall–Kier alpha value is -1.77. The molecule has 188 valence electrons. The van der Waals surface area contributed by atoms with E-state index in [4.69, 9.17) is 0 Å². The number of hydrogen-bond donors (Lipinski definition) is 3. The standard InChI is InChI=1S/C28H40INO4/c1-5-6-7-8-14-23-19-22(29)20-26(33)28(3,4)17-12-11-15-24(31)25(32)18-21(2)13-9-10-16-27(34)30-23/h7-13,15-18,22-25,31-32H,5-6,14,19-20H2,1-4H3,(H,30,34)/b8-7+,13-9+,15-11-,16-10+,17-12+,21-18-. The van der Waals surface area contributed by atoms with Crippen LogP contribution < -0.4 is 5.32 Å². The van der Waals surface area contributed by atoms with Gasteiger partial charge in [-0.25, -0.2) is 0 Å². The molecule has 0 radical (unpaired) electrons. The Morgan fingerprint density at radius 2 is 1.79 bits per heavy atom. The molecule has 0 aromatic heterocycles. The van der Waals surface area contributed by atoms with Crippen LogP contribution in [0, 0.1) is 5.41 Å². The van der Waals surface area contributed by atoms with Crippen LogP contribution in [-0.4, -0.2) is 44.1 Å². The highest BCUT2D eigenvalue weighted by Crippen LogP contribution is 2.26. The van der Waals surface area contributed by atoms with Crippen LogP contribution in [0.5, 0.6) is 0 Å². The van der Waals surface area contributed by atoms with Gasteiger partial charge in [0, 0.05) is 27.9 Å². The van der Waals surface area contributed by atoms with E-state index >= 15 is 0 Å². The van der Waals surface area contributed by atoms with Crippen LogP contribution in [0.4, 0.5) is 0 Å². The third kappa shape index (κ3) is 12.6. The summed E-state index contributed by atoms with van der Waals surface area (Å²) in [5.74, 6) is -0.0740. The Labute approximate surface area is 218 Å². The normalized spacial score (nSPS) is 32.9. The van der Waals surface area contributed by atoms with Gasteiger partial charge in [0.25, 0.3) is 0 Å². The number of unbranched alkanes of at least 4 members (excludes halogenated alkanes) is 1. The van der Waals surface area contributed by atoms with Crippen molar-refractivity contribution in [3.63, 3.8) is 0 Å². The maximum Gasteiger partial charge on any atom is 0.244 e. The number of Topliss-reactive ketones (excluding diaryl/α,β-unsaturated/α-hetero) is 1. The molecule has 1 aliphatic rings. The van der Waals surface area contributed by atoms with Gasteiger partial charge < -0.3 is 15.5 Å². The van der Waals surface area contributed by atoms with Crippen molar-refractivity contribution in [1.82, 2.24) is 5.32 Å². The zero-order chi connectivity index (χ0) is 25.6. The van der Waals surface area contributed by atoms with E-state index < -0.39 is 17.6 Å². The fourth-order valence-corrected chi connectivity index (χ4v) is 4.33. The smallest absolute Gasteiger partial charge is 0.244 e. The number of ketones is 1. The summed E-state index contributed by atoms with van der Waals surface area (Å²) >= 11 is 2.30. The average molecular weight is 582 g/mol. The molecule has 1 amide bonds. The molecule has 0 aromatic rings. The van der Waals surface area contributed by atoms with Crippen LogP contribution in [0.1, 0.15) is 59.8 Å². The number of alkyl halides is 1. The van der Waals surface area contributed by atoms with Gasteiger partial charge in [-0.15, -0.1) is 0 Å². The Morgan fingerprint density at radius 3 is 2.50 bits per heavy atom. The van der Waals surface area contributed by atoms with Crippen molar-refractivity contribution < 1.29 is 19.8 Å². The lowest BCUT2D eigenvalue weighted by Gasteiger charge is -2.23. The van der Waals surface area contributed by atoms with E-state index in [1.54, 1.807) is 36.5 Å². The minimum atomic E-state index is -1.07. The number of aliphatic hydroxyl groups excluding tert-OH is 2. The Morgan fingerprint density at radius 1 is 1.09 bits per heavy atom. The predicted molar refractivity (Wildman–Crippen MR) is 149 cm³/mol. The molecule has 1 rings (SSSR count). The van der Waals surface area contributed by atoms with Crippen LogP contribution in [0.15, 0.2) is 72.4 Å². The predicted octanol–water partition coefficient (Wildman–Crippen LogP) is 5.30. The number of rotatable bonds is 4. The van der Waals surface area contributed by atoms with Gasteiger partial charge in [-0.1, -0.05) is 102 Å². The Kier molecular flexibility index (Phi) is 14.2. The second-order valence-electron chi connectivity index (χ2n) is 9.24. The molecule has 4 atom stereocenters. The summed E-state index contributed by atoms with van der Waals surface area (Å²) in [5.41, 5.74) is 0.0930. The first-order chi connectivity index (χ1) is 16.0. The number of carbonyl (C=O) groups excluding carboxylic acids is 2. The Bertz CT molecular complexity index is 835. The van der Waals surface area contributed by atoms with Crippen LogP contribution in [0.2, 0.25) is 0 Å². The molecule has 0 fully saturated rings. The first kappa shape index (κ1) is 30.3. The van der Waals surface area contributed by atoms with Crippen molar-refractivity contribution in [2.75, 3.05) is 0 Å². The van der Waals surface area contributed by atoms with Gasteiger partial charge in [-0.05, 0) is 40.0 Å². The summed E-state index contributed by atoms with van der Waals surface area (Å²) in [6.45, 7) is 7.68. The molecule has 4 unspecified atom stereocenters. The van der Waals surface area contributed by atoms with Gasteiger partial charge in [-0.2, -0.15) is 0 Å². The number of hydrogen-bond acceptors (Lipinski definition) is 4. The average Bonchev–Trinajstić information content (AvgIpc) is 2.76. The van der Waals surface area contributed by atoms with E-state index in [2.05, 4.69) is 47.0 Å². The van der Waals surface area contributed by atoms with E-state index in [1.807, 2.05) is 26.8 Å². The molecule has 0 spiro atoms. The van der Waals surface area contributed by atoms with E-state index in [0.717, 1.165) is 24.8 Å². The van der Waals surface area contributed by atoms with Crippen molar-refractivity contribution in [3.8, 4) is 0 Å². The van der Waals surface area contributed by atoms with Crippen molar-refractivity contribution in [3.05, 3.63) is 72.4 Å². The van der Waals surface area contributed by atoms with Crippen LogP contribution in [0.25, 0.3) is 0 Å². The van der Waals surface area contributed by atoms with Gasteiger partial charge >= 0.3 is 0 Å². The third-order valence-electron chi connectivity index (χ3n) is 5.49. The molecule has 0 aromatic carbocycles. The first-order valence-electron chi connectivity index (χ1n) is 11.9. The molecule has 0 bridgehead atoms. The largest absolute Gasteiger partial charge is 0.386 e. The number of aliphatic hydroxyl groups is 2. The molecule has 1 heterocycles. The van der Waals surface area contributed by atoms with Gasteiger partial charge in [0.05, 0.1) is 0 Å². The zero-order valence-corrected chi connectivity index (χ0v) is 22.9. The summed E-state index contributed by atoms with van der Waals surface area (Å²) < 4.78 is 0.0809. The number of carbonyl (C=O) groups is 2. The highest BCUT2D eigenvalue weighted by atomic mass is 127. The maximum atomic E-state index is 12.9. The molecule has 0 saturated carbocycles. The molecular weight excluding hydrogens is 541 g/mol. The van der Waals surface area contributed by atoms with E-state index in [1.165, 1.54) is 12.2 Å². The molecule has 1 aliphatic heterocycles. The molecule has 3 N–H and O–H groups in total. The monoisotopic (exact) mass is 581 g/mol. The third-order valence-corrected chi connectivity index (χ3v) is 6.44. The quantitative estimate of drug-likeness (QED) is 0.239. The van der Waals surface area contributed by atoms with Crippen molar-refractivity contribution >= 4 is 34.3 Å². The van der Waals surface area contributed by atoms with Crippen molar-refractivity contribution in [1.29, 1.82) is 0 Å². The highest BCUT2D eigenvalue weighted by molar-refractivity contribution is 14.1. The highest BCUT2D eigenvalue weighted by Gasteiger charge is 2.27. The van der Waals surface area contributed by atoms with Crippen molar-refractivity contribution in [2.45, 2.75) is 82.0 Å².